The zero-order valence-corrected chi connectivity index (χ0v) is 12.3. The van der Waals surface area contributed by atoms with Gasteiger partial charge in [-0.1, -0.05) is 13.8 Å². The lowest BCUT2D eigenvalue weighted by Gasteiger charge is -2.23. The van der Waals surface area contributed by atoms with Crippen molar-refractivity contribution >= 4 is 0 Å². The van der Waals surface area contributed by atoms with Crippen LogP contribution in [0.3, 0.4) is 0 Å². The number of hydrogen-bond acceptors (Lipinski definition) is 4. The highest BCUT2D eigenvalue weighted by Crippen LogP contribution is 2.20. The number of rotatable bonds is 7. The van der Waals surface area contributed by atoms with Crippen molar-refractivity contribution in [1.29, 1.82) is 5.26 Å². The summed E-state index contributed by atoms with van der Waals surface area (Å²) < 4.78 is 0. The van der Waals surface area contributed by atoms with Crippen LogP contribution in [0.25, 0.3) is 0 Å². The molecule has 1 heterocycles. The third-order valence-electron chi connectivity index (χ3n) is 3.84. The van der Waals surface area contributed by atoms with Gasteiger partial charge in [0.15, 0.2) is 0 Å². The first-order valence-electron chi connectivity index (χ1n) is 7.10. The summed E-state index contributed by atoms with van der Waals surface area (Å²) in [6, 6.07) is 3.03. The Bertz CT molecular complexity index is 271. The van der Waals surface area contributed by atoms with Crippen LogP contribution in [0, 0.1) is 17.2 Å². The predicted octanol–water partition coefficient (Wildman–Crippen LogP) is 1.15. The lowest BCUT2D eigenvalue weighted by atomic mass is 10.1. The fraction of sp³-hybridized carbons (Fsp3) is 0.929. The lowest BCUT2D eigenvalue weighted by molar-refractivity contribution is 0.250. The number of nitrogens with one attached hydrogen (secondary N) is 1. The minimum Gasteiger partial charge on any atom is -0.305 e. The van der Waals surface area contributed by atoms with Crippen LogP contribution in [0.2, 0.25) is 0 Å². The maximum absolute atomic E-state index is 9.08. The monoisotopic (exact) mass is 252 g/mol. The van der Waals surface area contributed by atoms with Crippen LogP contribution in [0.1, 0.15) is 26.7 Å². The van der Waals surface area contributed by atoms with Gasteiger partial charge in [-0.3, -0.25) is 0 Å². The van der Waals surface area contributed by atoms with E-state index in [9.17, 15) is 0 Å². The van der Waals surface area contributed by atoms with Crippen molar-refractivity contribution < 1.29 is 0 Å². The normalized spacial score (nSPS) is 26.4. The summed E-state index contributed by atoms with van der Waals surface area (Å²) in [7, 11) is 4.32. The maximum atomic E-state index is 9.08. The van der Waals surface area contributed by atoms with Crippen molar-refractivity contribution in [2.24, 2.45) is 5.92 Å². The molecule has 104 valence electrons. The molecule has 0 bridgehead atoms. The van der Waals surface area contributed by atoms with Gasteiger partial charge in [0.05, 0.1) is 12.1 Å². The van der Waals surface area contributed by atoms with Crippen LogP contribution in [-0.4, -0.2) is 62.2 Å². The molecule has 4 nitrogen and oxygen atoms in total. The van der Waals surface area contributed by atoms with Crippen molar-refractivity contribution in [1.82, 2.24) is 15.1 Å². The highest BCUT2D eigenvalue weighted by atomic mass is 15.2. The van der Waals surface area contributed by atoms with Crippen molar-refractivity contribution in [3.63, 3.8) is 0 Å². The van der Waals surface area contributed by atoms with E-state index in [1.165, 1.54) is 0 Å². The molecule has 0 amide bonds. The number of likely N-dealkylation sites (N-methyl/N-ethyl adjacent to an activating group) is 1. The number of hydrogen-bond donors (Lipinski definition) is 1. The number of nitrogens with zero attached hydrogens (tertiary/aromatic N) is 3. The van der Waals surface area contributed by atoms with Gasteiger partial charge >= 0.3 is 0 Å². The van der Waals surface area contributed by atoms with E-state index in [0.717, 1.165) is 44.9 Å². The summed E-state index contributed by atoms with van der Waals surface area (Å²) in [6.45, 7) is 8.72. The molecule has 0 aromatic carbocycles. The highest BCUT2D eigenvalue weighted by Gasteiger charge is 2.30. The van der Waals surface area contributed by atoms with Gasteiger partial charge in [0.25, 0.3) is 0 Å². The molecule has 3 atom stereocenters. The molecule has 1 fully saturated rings. The zero-order valence-electron chi connectivity index (χ0n) is 12.3. The molecule has 1 rings (SSSR count). The van der Waals surface area contributed by atoms with E-state index in [0.29, 0.717) is 6.04 Å². The maximum Gasteiger partial charge on any atom is 0.0965 e. The largest absolute Gasteiger partial charge is 0.305 e. The van der Waals surface area contributed by atoms with E-state index in [4.69, 9.17) is 5.26 Å². The molecule has 0 aliphatic carbocycles. The molecule has 0 saturated carbocycles. The summed E-state index contributed by atoms with van der Waals surface area (Å²) in [5, 5.41) is 12.4. The Kier molecular flexibility index (Phi) is 6.62. The summed E-state index contributed by atoms with van der Waals surface area (Å²) >= 11 is 0. The van der Waals surface area contributed by atoms with E-state index >= 15 is 0 Å². The Morgan fingerprint density at radius 1 is 1.44 bits per heavy atom. The average Bonchev–Trinajstić information content (AvgIpc) is 2.71. The van der Waals surface area contributed by atoms with Gasteiger partial charge in [-0.15, -0.1) is 0 Å². The third-order valence-corrected chi connectivity index (χ3v) is 3.84. The van der Waals surface area contributed by atoms with Crippen LogP contribution in [0.15, 0.2) is 0 Å². The second-order valence-corrected chi connectivity index (χ2v) is 5.69. The summed E-state index contributed by atoms with van der Waals surface area (Å²) in [4.78, 5) is 4.81. The molecule has 1 aliphatic rings. The molecule has 0 spiro atoms. The molecule has 4 heteroatoms. The Hall–Kier alpha value is -0.630. The Morgan fingerprint density at radius 2 is 2.17 bits per heavy atom. The fourth-order valence-corrected chi connectivity index (χ4v) is 2.75. The molecule has 18 heavy (non-hydrogen) atoms. The smallest absolute Gasteiger partial charge is 0.0965 e. The lowest BCUT2D eigenvalue weighted by Crippen LogP contribution is -2.36. The van der Waals surface area contributed by atoms with Gasteiger partial charge in [-0.25, -0.2) is 0 Å². The average molecular weight is 252 g/mol. The van der Waals surface area contributed by atoms with Gasteiger partial charge in [-0.05, 0) is 39.4 Å². The molecular formula is C14H28N4. The van der Waals surface area contributed by atoms with Gasteiger partial charge in [0, 0.05) is 25.7 Å². The van der Waals surface area contributed by atoms with Crippen molar-refractivity contribution in [2.75, 3.05) is 40.3 Å². The summed E-state index contributed by atoms with van der Waals surface area (Å²) in [5.74, 6) is 0.726. The molecule has 1 N–H and O–H groups in total. The SMILES string of the molecule is CCCNC(C#N)CCN1CC(C)C(N(C)C)C1. The predicted molar refractivity (Wildman–Crippen MR) is 75.4 cm³/mol. The minimum atomic E-state index is 0.0127. The molecule has 1 saturated heterocycles. The van der Waals surface area contributed by atoms with Crippen molar-refractivity contribution in [2.45, 2.75) is 38.8 Å². The van der Waals surface area contributed by atoms with E-state index in [1.807, 2.05) is 0 Å². The first kappa shape index (κ1) is 15.4. The van der Waals surface area contributed by atoms with Crippen LogP contribution >= 0.6 is 0 Å². The molecule has 0 aromatic heterocycles. The second-order valence-electron chi connectivity index (χ2n) is 5.69. The van der Waals surface area contributed by atoms with Crippen LogP contribution < -0.4 is 5.32 Å². The van der Waals surface area contributed by atoms with Gasteiger partial charge < -0.3 is 15.1 Å². The van der Waals surface area contributed by atoms with E-state index in [2.05, 4.69) is 49.1 Å². The van der Waals surface area contributed by atoms with Crippen molar-refractivity contribution in [3.05, 3.63) is 0 Å². The Morgan fingerprint density at radius 3 is 2.67 bits per heavy atom. The van der Waals surface area contributed by atoms with E-state index in [-0.39, 0.29) is 6.04 Å². The standard InChI is InChI=1S/C14H28N4/c1-5-7-16-13(9-15)6-8-18-10-12(2)14(11-18)17(3)4/h12-14,16H,5-8,10-11H2,1-4H3. The first-order chi connectivity index (χ1) is 8.58. The third kappa shape index (κ3) is 4.56. The van der Waals surface area contributed by atoms with Gasteiger partial charge in [0.1, 0.15) is 0 Å². The topological polar surface area (TPSA) is 42.3 Å². The van der Waals surface area contributed by atoms with Crippen LogP contribution in [0.4, 0.5) is 0 Å². The van der Waals surface area contributed by atoms with Gasteiger partial charge in [0.2, 0.25) is 0 Å². The molecule has 0 radical (unpaired) electrons. The van der Waals surface area contributed by atoms with E-state index < -0.39 is 0 Å². The molecular weight excluding hydrogens is 224 g/mol. The minimum absolute atomic E-state index is 0.0127. The fourth-order valence-electron chi connectivity index (χ4n) is 2.75. The summed E-state index contributed by atoms with van der Waals surface area (Å²) in [6.07, 6.45) is 2.02. The zero-order chi connectivity index (χ0) is 13.5. The Labute approximate surface area is 112 Å². The van der Waals surface area contributed by atoms with Crippen LogP contribution in [0.5, 0.6) is 0 Å². The second kappa shape index (κ2) is 7.73. The number of nitriles is 1. The molecule has 1 aliphatic heterocycles. The van der Waals surface area contributed by atoms with Crippen LogP contribution in [-0.2, 0) is 0 Å². The quantitative estimate of drug-likeness (QED) is 0.738. The number of likely N-dealkylation sites (tertiary alicyclic amines) is 1. The highest BCUT2D eigenvalue weighted by molar-refractivity contribution is 4.92. The first-order valence-corrected chi connectivity index (χ1v) is 7.10. The van der Waals surface area contributed by atoms with Gasteiger partial charge in [-0.2, -0.15) is 5.26 Å². The van der Waals surface area contributed by atoms with E-state index in [1.54, 1.807) is 0 Å². The summed E-state index contributed by atoms with van der Waals surface area (Å²) in [5.41, 5.74) is 0. The molecule has 3 unspecified atom stereocenters. The van der Waals surface area contributed by atoms with Crippen molar-refractivity contribution in [3.8, 4) is 6.07 Å². The molecule has 0 aromatic rings. The Balaban J connectivity index is 2.30.